The summed E-state index contributed by atoms with van der Waals surface area (Å²) in [5.74, 6) is -0.0488. The quantitative estimate of drug-likeness (QED) is 0.469. The molecule has 0 atom stereocenters. The van der Waals surface area contributed by atoms with Crippen LogP contribution in [0.4, 0.5) is 5.88 Å². The summed E-state index contributed by atoms with van der Waals surface area (Å²) < 4.78 is 5.03. The molecule has 0 saturated carbocycles. The molecule has 1 aliphatic rings. The summed E-state index contributed by atoms with van der Waals surface area (Å²) >= 11 is 0. The van der Waals surface area contributed by atoms with Crippen LogP contribution in [0, 0.1) is 10.1 Å². The number of nitro groups is 1. The Morgan fingerprint density at radius 1 is 1.21 bits per heavy atom. The first-order valence-corrected chi connectivity index (χ1v) is 5.72. The normalized spacial score (nSPS) is 15.8. The lowest BCUT2D eigenvalue weighted by atomic mass is 10.1. The van der Waals surface area contributed by atoms with Crippen LogP contribution in [0.25, 0.3) is 6.08 Å². The van der Waals surface area contributed by atoms with Crippen LogP contribution in [0.3, 0.4) is 0 Å². The first kappa shape index (κ1) is 11.4. The van der Waals surface area contributed by atoms with Crippen molar-refractivity contribution in [2.45, 2.75) is 6.42 Å². The Hall–Kier alpha value is -2.69. The number of allylic oxidation sites excluding steroid dienone is 1. The fourth-order valence-electron chi connectivity index (χ4n) is 2.16. The van der Waals surface area contributed by atoms with Crippen molar-refractivity contribution in [2.24, 2.45) is 0 Å². The van der Waals surface area contributed by atoms with E-state index >= 15 is 0 Å². The predicted octanol–water partition coefficient (Wildman–Crippen LogP) is 3.01. The maximum absolute atomic E-state index is 12.1. The number of furan rings is 1. The Labute approximate surface area is 108 Å². The Balaban J connectivity index is 1.94. The molecular weight excluding hydrogens is 246 g/mol. The average Bonchev–Trinajstić information content (AvgIpc) is 2.97. The van der Waals surface area contributed by atoms with E-state index in [1.54, 1.807) is 12.1 Å². The van der Waals surface area contributed by atoms with Crippen LogP contribution in [-0.2, 0) is 6.42 Å². The van der Waals surface area contributed by atoms with Gasteiger partial charge in [-0.05, 0) is 17.7 Å². The molecule has 1 aromatic carbocycles. The van der Waals surface area contributed by atoms with E-state index in [9.17, 15) is 14.9 Å². The Morgan fingerprint density at radius 2 is 2.00 bits per heavy atom. The molecule has 5 heteroatoms. The summed E-state index contributed by atoms with van der Waals surface area (Å²) in [6, 6.07) is 10.1. The molecule has 1 aromatic heterocycles. The Kier molecular flexibility index (Phi) is 2.52. The Bertz CT molecular complexity index is 712. The lowest BCUT2D eigenvalue weighted by Gasteiger charge is -1.92. The lowest BCUT2D eigenvalue weighted by Crippen LogP contribution is -1.94. The van der Waals surface area contributed by atoms with Gasteiger partial charge in [0, 0.05) is 17.6 Å². The van der Waals surface area contributed by atoms with Crippen LogP contribution in [0.2, 0.25) is 0 Å². The van der Waals surface area contributed by atoms with Crippen molar-refractivity contribution in [1.29, 1.82) is 0 Å². The molecule has 0 spiro atoms. The number of benzene rings is 1. The molecule has 1 heterocycles. The van der Waals surface area contributed by atoms with Crippen molar-refractivity contribution < 1.29 is 14.1 Å². The van der Waals surface area contributed by atoms with E-state index in [4.69, 9.17) is 4.42 Å². The number of ketones is 1. The molecular formula is C14H9NO4. The van der Waals surface area contributed by atoms with Gasteiger partial charge in [0.1, 0.15) is 10.7 Å². The highest BCUT2D eigenvalue weighted by Gasteiger charge is 2.24. The van der Waals surface area contributed by atoms with E-state index in [0.29, 0.717) is 23.3 Å². The van der Waals surface area contributed by atoms with Gasteiger partial charge in [-0.2, -0.15) is 0 Å². The van der Waals surface area contributed by atoms with E-state index in [2.05, 4.69) is 0 Å². The van der Waals surface area contributed by atoms with Crippen LogP contribution >= 0.6 is 0 Å². The minimum atomic E-state index is -0.604. The summed E-state index contributed by atoms with van der Waals surface area (Å²) in [6.07, 6.45) is 2.10. The van der Waals surface area contributed by atoms with Crippen molar-refractivity contribution in [3.05, 3.63) is 69.0 Å². The predicted molar refractivity (Wildman–Crippen MR) is 67.8 cm³/mol. The standard InChI is InChI=1S/C14H9NO4/c16-14-10(7-9-3-1-2-4-12(9)14)8-11-5-6-13(19-11)15(17)18/h1-6,8H,7H2/b10-8-. The average molecular weight is 255 g/mol. The fourth-order valence-corrected chi connectivity index (χ4v) is 2.16. The molecule has 5 nitrogen and oxygen atoms in total. The maximum atomic E-state index is 12.1. The number of fused-ring (bicyclic) bond motifs is 1. The van der Waals surface area contributed by atoms with Crippen LogP contribution in [0.1, 0.15) is 21.7 Å². The molecule has 2 aromatic rings. The van der Waals surface area contributed by atoms with Crippen molar-refractivity contribution in [2.75, 3.05) is 0 Å². The zero-order valence-corrected chi connectivity index (χ0v) is 9.83. The molecule has 1 aliphatic carbocycles. The van der Waals surface area contributed by atoms with Crippen molar-refractivity contribution >= 4 is 17.7 Å². The summed E-state index contributed by atoms with van der Waals surface area (Å²) in [7, 11) is 0. The second-order valence-electron chi connectivity index (χ2n) is 4.27. The summed E-state index contributed by atoms with van der Waals surface area (Å²) in [5, 5.41) is 10.5. The smallest absolute Gasteiger partial charge is 0.401 e. The number of carbonyl (C=O) groups excluding carboxylic acids is 1. The molecule has 3 rings (SSSR count). The van der Waals surface area contributed by atoms with Gasteiger partial charge in [0.05, 0.1) is 6.07 Å². The van der Waals surface area contributed by atoms with E-state index in [1.165, 1.54) is 12.1 Å². The highest BCUT2D eigenvalue weighted by atomic mass is 16.6. The second kappa shape index (κ2) is 4.20. The third kappa shape index (κ3) is 1.95. The van der Waals surface area contributed by atoms with Gasteiger partial charge < -0.3 is 4.42 Å². The van der Waals surface area contributed by atoms with Gasteiger partial charge in [0.15, 0.2) is 5.78 Å². The van der Waals surface area contributed by atoms with Gasteiger partial charge in [0.2, 0.25) is 0 Å². The van der Waals surface area contributed by atoms with Crippen LogP contribution in [0.15, 0.2) is 46.4 Å². The molecule has 0 saturated heterocycles. The minimum Gasteiger partial charge on any atom is -0.401 e. The SMILES string of the molecule is O=C1/C(=C\c2ccc([N+](=O)[O-])o2)Cc2ccccc21. The Morgan fingerprint density at radius 3 is 2.68 bits per heavy atom. The monoisotopic (exact) mass is 255 g/mol. The zero-order chi connectivity index (χ0) is 13.4. The van der Waals surface area contributed by atoms with E-state index in [-0.39, 0.29) is 11.7 Å². The van der Waals surface area contributed by atoms with Crippen molar-refractivity contribution in [1.82, 2.24) is 0 Å². The highest BCUT2D eigenvalue weighted by Crippen LogP contribution is 2.28. The topological polar surface area (TPSA) is 73.3 Å². The minimum absolute atomic E-state index is 0.0466. The highest BCUT2D eigenvalue weighted by molar-refractivity contribution is 6.15. The van der Waals surface area contributed by atoms with Gasteiger partial charge in [0.25, 0.3) is 0 Å². The van der Waals surface area contributed by atoms with Crippen LogP contribution in [0.5, 0.6) is 0 Å². The van der Waals surface area contributed by atoms with Gasteiger partial charge in [-0.3, -0.25) is 14.9 Å². The van der Waals surface area contributed by atoms with Crippen LogP contribution < -0.4 is 0 Å². The molecule has 0 radical (unpaired) electrons. The lowest BCUT2D eigenvalue weighted by molar-refractivity contribution is -0.402. The summed E-state index contributed by atoms with van der Waals surface area (Å²) in [4.78, 5) is 22.0. The third-order valence-electron chi connectivity index (χ3n) is 3.04. The number of rotatable bonds is 2. The molecule has 94 valence electrons. The number of hydrogen-bond donors (Lipinski definition) is 0. The molecule has 0 N–H and O–H groups in total. The largest absolute Gasteiger partial charge is 0.433 e. The molecule has 0 unspecified atom stereocenters. The molecule has 0 fully saturated rings. The van der Waals surface area contributed by atoms with Gasteiger partial charge in [-0.25, -0.2) is 0 Å². The molecule has 0 aliphatic heterocycles. The first-order valence-electron chi connectivity index (χ1n) is 5.72. The van der Waals surface area contributed by atoms with E-state index < -0.39 is 4.92 Å². The fraction of sp³-hybridized carbons (Fsp3) is 0.0714. The van der Waals surface area contributed by atoms with E-state index in [1.807, 2.05) is 18.2 Å². The summed E-state index contributed by atoms with van der Waals surface area (Å²) in [5.41, 5.74) is 2.25. The summed E-state index contributed by atoms with van der Waals surface area (Å²) in [6.45, 7) is 0. The molecule has 19 heavy (non-hydrogen) atoms. The third-order valence-corrected chi connectivity index (χ3v) is 3.04. The zero-order valence-electron chi connectivity index (χ0n) is 9.83. The molecule has 0 amide bonds. The number of Topliss-reactive ketones (excluding diaryl/α,β-unsaturated/α-hetero) is 1. The van der Waals surface area contributed by atoms with Gasteiger partial charge in [-0.1, -0.05) is 24.3 Å². The first-order chi connectivity index (χ1) is 9.15. The second-order valence-corrected chi connectivity index (χ2v) is 4.27. The van der Waals surface area contributed by atoms with Gasteiger partial charge >= 0.3 is 5.88 Å². The van der Waals surface area contributed by atoms with Crippen molar-refractivity contribution in [3.63, 3.8) is 0 Å². The number of hydrogen-bond acceptors (Lipinski definition) is 4. The number of carbonyl (C=O) groups is 1. The van der Waals surface area contributed by atoms with Crippen LogP contribution in [-0.4, -0.2) is 10.7 Å². The number of nitrogens with zero attached hydrogens (tertiary/aromatic N) is 1. The van der Waals surface area contributed by atoms with Gasteiger partial charge in [-0.15, -0.1) is 0 Å². The molecule has 0 bridgehead atoms. The van der Waals surface area contributed by atoms with E-state index in [0.717, 1.165) is 5.56 Å². The van der Waals surface area contributed by atoms with Crippen molar-refractivity contribution in [3.8, 4) is 0 Å². The maximum Gasteiger partial charge on any atom is 0.433 e.